The third kappa shape index (κ3) is 7.16. The number of unbranched alkanes of at least 4 members (excludes halogenated alkanes) is 2. The van der Waals surface area contributed by atoms with Gasteiger partial charge in [-0.1, -0.05) is 19.8 Å². The minimum absolute atomic E-state index is 0.192. The van der Waals surface area contributed by atoms with Gasteiger partial charge in [-0.15, -0.1) is 0 Å². The molecule has 1 unspecified atom stereocenters. The molecule has 0 radical (unpaired) electrons. The minimum atomic E-state index is -1.13. The van der Waals surface area contributed by atoms with Gasteiger partial charge in [0.1, 0.15) is 12.8 Å². The van der Waals surface area contributed by atoms with Gasteiger partial charge in [-0.25, -0.2) is 14.0 Å². The van der Waals surface area contributed by atoms with Crippen LogP contribution in [0.2, 0.25) is 0 Å². The number of ether oxygens (including phenoxy) is 2. The quantitative estimate of drug-likeness (QED) is 0.528. The summed E-state index contributed by atoms with van der Waals surface area (Å²) in [5.41, 5.74) is -0.853. The zero-order chi connectivity index (χ0) is 18.8. The van der Waals surface area contributed by atoms with E-state index in [9.17, 15) is 19.1 Å². The molecule has 0 spiro atoms. The van der Waals surface area contributed by atoms with Crippen LogP contribution >= 0.6 is 0 Å². The lowest BCUT2D eigenvalue weighted by molar-refractivity contribution is -0.0727. The number of nitrogens with one attached hydrogen (secondary N) is 1. The second kappa shape index (κ2) is 10.7. The Balaban J connectivity index is 2.63. The highest BCUT2D eigenvalue weighted by Crippen LogP contribution is 2.08. The molecule has 0 bridgehead atoms. The minimum Gasteiger partial charge on any atom is -0.449 e. The van der Waals surface area contributed by atoms with E-state index in [4.69, 9.17) is 14.6 Å². The molecule has 142 valence electrons. The maximum Gasteiger partial charge on any atom is 0.412 e. The van der Waals surface area contributed by atoms with Crippen molar-refractivity contribution in [2.45, 2.75) is 52.0 Å². The van der Waals surface area contributed by atoms with E-state index in [0.29, 0.717) is 6.42 Å². The fraction of sp³-hybridized carbons (Fsp3) is 0.667. The summed E-state index contributed by atoms with van der Waals surface area (Å²) in [6.07, 6.45) is 0.592. The highest BCUT2D eigenvalue weighted by molar-refractivity contribution is 5.83. The Labute approximate surface area is 144 Å². The number of carbonyl (C=O) groups is 1. The van der Waals surface area contributed by atoms with E-state index in [1.54, 1.807) is 0 Å². The number of rotatable bonds is 10. The molecule has 0 aliphatic rings. The molecule has 1 amide bonds. The lowest BCUT2D eigenvalue weighted by Crippen LogP contribution is -2.33. The van der Waals surface area contributed by atoms with Crippen molar-refractivity contribution in [1.82, 2.24) is 9.55 Å². The van der Waals surface area contributed by atoms with Crippen molar-refractivity contribution in [1.29, 1.82) is 0 Å². The number of aromatic nitrogens is 2. The lowest BCUT2D eigenvalue weighted by Gasteiger charge is -2.18. The van der Waals surface area contributed by atoms with Gasteiger partial charge in [0, 0.05) is 0 Å². The number of halogens is 1. The summed E-state index contributed by atoms with van der Waals surface area (Å²) in [5, 5.41) is 20.2. The van der Waals surface area contributed by atoms with E-state index in [1.807, 2.05) is 6.92 Å². The van der Waals surface area contributed by atoms with E-state index >= 15 is 0 Å². The molecule has 0 saturated heterocycles. The maximum absolute atomic E-state index is 13.9. The zero-order valence-corrected chi connectivity index (χ0v) is 14.3. The predicted molar refractivity (Wildman–Crippen MR) is 86.6 cm³/mol. The van der Waals surface area contributed by atoms with E-state index < -0.39 is 42.2 Å². The Hall–Kier alpha value is -2.04. The third-order valence-electron chi connectivity index (χ3n) is 3.36. The molecule has 1 aromatic rings. The number of carbonyl (C=O) groups excluding carboxylic acids is 1. The van der Waals surface area contributed by atoms with Crippen molar-refractivity contribution < 1.29 is 28.9 Å². The van der Waals surface area contributed by atoms with Crippen LogP contribution in [0.3, 0.4) is 0 Å². The number of aliphatic hydroxyl groups excluding tert-OH is 2. The van der Waals surface area contributed by atoms with E-state index in [-0.39, 0.29) is 13.3 Å². The van der Waals surface area contributed by atoms with Crippen LogP contribution in [0.4, 0.5) is 15.0 Å². The summed E-state index contributed by atoms with van der Waals surface area (Å²) in [6.45, 7) is 2.80. The first kappa shape index (κ1) is 21.0. The molecule has 9 nitrogen and oxygen atoms in total. The Morgan fingerprint density at radius 1 is 1.48 bits per heavy atom. The van der Waals surface area contributed by atoms with Crippen LogP contribution in [0, 0.1) is 5.82 Å². The summed E-state index contributed by atoms with van der Waals surface area (Å²) in [6, 6.07) is 0. The second-order valence-electron chi connectivity index (χ2n) is 5.41. The molecule has 0 aliphatic heterocycles. The first-order valence-electron chi connectivity index (χ1n) is 8.00. The van der Waals surface area contributed by atoms with E-state index in [0.717, 1.165) is 23.6 Å². The van der Waals surface area contributed by atoms with Crippen molar-refractivity contribution in [3.8, 4) is 0 Å². The number of anilines is 1. The highest BCUT2D eigenvalue weighted by atomic mass is 19.1. The Bertz CT molecular complexity index is 609. The molecule has 2 atom stereocenters. The third-order valence-corrected chi connectivity index (χ3v) is 3.36. The monoisotopic (exact) mass is 361 g/mol. The summed E-state index contributed by atoms with van der Waals surface area (Å²) in [7, 11) is 0. The Kier molecular flexibility index (Phi) is 9.03. The molecule has 0 aromatic carbocycles. The molecular weight excluding hydrogens is 337 g/mol. The topological polar surface area (TPSA) is 123 Å². The van der Waals surface area contributed by atoms with Crippen LogP contribution in [-0.4, -0.2) is 51.3 Å². The molecule has 0 saturated carbocycles. The summed E-state index contributed by atoms with van der Waals surface area (Å²) >= 11 is 0. The van der Waals surface area contributed by atoms with Crippen LogP contribution in [0.1, 0.15) is 33.1 Å². The normalized spacial score (nSPS) is 13.3. The molecular formula is C15H24FN3O6. The fourth-order valence-electron chi connectivity index (χ4n) is 1.75. The van der Waals surface area contributed by atoms with Crippen LogP contribution < -0.4 is 11.0 Å². The largest absolute Gasteiger partial charge is 0.449 e. The van der Waals surface area contributed by atoms with Gasteiger partial charge in [-0.2, -0.15) is 4.98 Å². The summed E-state index contributed by atoms with van der Waals surface area (Å²) in [5.74, 6) is -1.48. The van der Waals surface area contributed by atoms with Gasteiger partial charge < -0.3 is 19.7 Å². The first-order valence-corrected chi connectivity index (χ1v) is 8.00. The molecule has 1 rings (SSSR count). The Morgan fingerprint density at radius 2 is 2.20 bits per heavy atom. The van der Waals surface area contributed by atoms with Crippen molar-refractivity contribution in [3.63, 3.8) is 0 Å². The van der Waals surface area contributed by atoms with Gasteiger partial charge in [0.15, 0.2) is 11.6 Å². The molecule has 3 N–H and O–H groups in total. The molecule has 25 heavy (non-hydrogen) atoms. The van der Waals surface area contributed by atoms with Crippen molar-refractivity contribution in [3.05, 3.63) is 22.5 Å². The van der Waals surface area contributed by atoms with Gasteiger partial charge in [0.25, 0.3) is 0 Å². The number of hydrogen-bond donors (Lipinski definition) is 3. The van der Waals surface area contributed by atoms with E-state index in [2.05, 4.69) is 10.3 Å². The van der Waals surface area contributed by atoms with Gasteiger partial charge in [0.05, 0.1) is 25.5 Å². The van der Waals surface area contributed by atoms with Gasteiger partial charge in [-0.3, -0.25) is 9.88 Å². The molecule has 1 aromatic heterocycles. The average Bonchev–Trinajstić information content (AvgIpc) is 2.59. The SMILES string of the molecule is CCCCCOC(=O)Nc1nc(=O)n(COC(C)[C@H](O)CO)cc1F. The second-order valence-corrected chi connectivity index (χ2v) is 5.41. The zero-order valence-electron chi connectivity index (χ0n) is 14.3. The van der Waals surface area contributed by atoms with Crippen LogP contribution in [0.25, 0.3) is 0 Å². The lowest BCUT2D eigenvalue weighted by atomic mass is 10.2. The van der Waals surface area contributed by atoms with Gasteiger partial charge in [-0.05, 0) is 13.3 Å². The standard InChI is InChI=1S/C15H24FN3O6/c1-3-4-5-6-24-15(23)18-13-11(16)7-19(14(22)17-13)9-25-10(2)12(21)8-20/h7,10,12,20-21H,3-6,8-9H2,1-2H3,(H,17,18,22,23)/t10?,12-/m1/s1. The molecule has 0 aliphatic carbocycles. The summed E-state index contributed by atoms with van der Waals surface area (Å²) in [4.78, 5) is 26.8. The number of amides is 1. The number of aliphatic hydroxyl groups is 2. The number of nitrogens with zero attached hydrogens (tertiary/aromatic N) is 2. The van der Waals surface area contributed by atoms with Crippen LogP contribution in [0.15, 0.2) is 11.0 Å². The van der Waals surface area contributed by atoms with Crippen molar-refractivity contribution in [2.24, 2.45) is 0 Å². The van der Waals surface area contributed by atoms with Gasteiger partial charge in [0.2, 0.25) is 0 Å². The number of hydrogen-bond acceptors (Lipinski definition) is 7. The smallest absolute Gasteiger partial charge is 0.412 e. The molecule has 10 heteroatoms. The van der Waals surface area contributed by atoms with Crippen LogP contribution in [-0.2, 0) is 16.2 Å². The van der Waals surface area contributed by atoms with Crippen molar-refractivity contribution in [2.75, 3.05) is 18.5 Å². The average molecular weight is 361 g/mol. The summed E-state index contributed by atoms with van der Waals surface area (Å²) < 4.78 is 24.8. The fourth-order valence-corrected chi connectivity index (χ4v) is 1.75. The highest BCUT2D eigenvalue weighted by Gasteiger charge is 2.16. The Morgan fingerprint density at radius 3 is 2.84 bits per heavy atom. The van der Waals surface area contributed by atoms with Crippen LogP contribution in [0.5, 0.6) is 0 Å². The predicted octanol–water partition coefficient (Wildman–Crippen LogP) is 0.837. The van der Waals surface area contributed by atoms with Gasteiger partial charge >= 0.3 is 11.8 Å². The maximum atomic E-state index is 13.9. The van der Waals surface area contributed by atoms with Crippen molar-refractivity contribution >= 4 is 11.9 Å². The molecule has 1 heterocycles. The van der Waals surface area contributed by atoms with E-state index in [1.165, 1.54) is 6.92 Å². The molecule has 0 fully saturated rings. The first-order chi connectivity index (χ1) is 11.9.